The molecule has 1 saturated heterocycles. The molecule has 0 amide bonds. The highest BCUT2D eigenvalue weighted by molar-refractivity contribution is 6.32. The lowest BCUT2D eigenvalue weighted by Gasteiger charge is -2.32. The molecule has 30 heavy (non-hydrogen) atoms. The van der Waals surface area contributed by atoms with Gasteiger partial charge < -0.3 is 9.64 Å². The summed E-state index contributed by atoms with van der Waals surface area (Å²) in [7, 11) is 0.837. The molecule has 6 heteroatoms. The van der Waals surface area contributed by atoms with Crippen molar-refractivity contribution in [2.24, 2.45) is 0 Å². The van der Waals surface area contributed by atoms with Crippen LogP contribution in [0.4, 0.5) is 10.3 Å². The molecule has 2 aromatic carbocycles. The quantitative estimate of drug-likeness (QED) is 0.573. The van der Waals surface area contributed by atoms with Gasteiger partial charge in [0.25, 0.3) is 0 Å². The average molecular weight is 422 g/mol. The van der Waals surface area contributed by atoms with Crippen LogP contribution in [0.5, 0.6) is 5.75 Å². The Morgan fingerprint density at radius 3 is 2.37 bits per heavy atom. The number of anilines is 1. The SMILES string of the molecule is CCc1cnc(N2CCC(c3ccc(COc4ccc([SiH3])cc4F)cc3)CC2)nc1. The predicted octanol–water partition coefficient (Wildman–Crippen LogP) is 3.13. The molecule has 1 fully saturated rings. The first kappa shape index (κ1) is 20.5. The fourth-order valence-corrected chi connectivity index (χ4v) is 4.30. The van der Waals surface area contributed by atoms with Crippen molar-refractivity contribution < 1.29 is 9.13 Å². The van der Waals surface area contributed by atoms with Crippen molar-refractivity contribution in [2.45, 2.75) is 38.7 Å². The Labute approximate surface area is 180 Å². The van der Waals surface area contributed by atoms with Gasteiger partial charge in [-0.1, -0.05) is 42.4 Å². The zero-order valence-corrected chi connectivity index (χ0v) is 19.6. The van der Waals surface area contributed by atoms with E-state index in [9.17, 15) is 4.39 Å². The molecular weight excluding hydrogens is 393 g/mol. The van der Waals surface area contributed by atoms with Gasteiger partial charge in [0.1, 0.15) is 6.61 Å². The van der Waals surface area contributed by atoms with Gasteiger partial charge >= 0.3 is 0 Å². The first-order valence-electron chi connectivity index (χ1n) is 10.7. The molecule has 156 valence electrons. The summed E-state index contributed by atoms with van der Waals surface area (Å²) in [5.74, 6) is 1.42. The summed E-state index contributed by atoms with van der Waals surface area (Å²) >= 11 is 0. The molecule has 0 atom stereocenters. The van der Waals surface area contributed by atoms with Crippen molar-refractivity contribution in [1.82, 2.24) is 9.97 Å². The molecular formula is C24H28FN3OSi. The topological polar surface area (TPSA) is 38.2 Å². The van der Waals surface area contributed by atoms with Crippen LogP contribution < -0.4 is 14.8 Å². The van der Waals surface area contributed by atoms with Gasteiger partial charge in [0.2, 0.25) is 5.95 Å². The Balaban J connectivity index is 1.31. The first-order valence-corrected chi connectivity index (χ1v) is 11.7. The number of aryl methyl sites for hydroxylation is 1. The van der Waals surface area contributed by atoms with Crippen LogP contribution in [-0.2, 0) is 13.0 Å². The van der Waals surface area contributed by atoms with Crippen LogP contribution in [0.3, 0.4) is 0 Å². The lowest BCUT2D eigenvalue weighted by atomic mass is 9.89. The maximum Gasteiger partial charge on any atom is 0.225 e. The molecule has 0 spiro atoms. The third kappa shape index (κ3) is 4.87. The number of nitrogens with zero attached hydrogens (tertiary/aromatic N) is 3. The average Bonchev–Trinajstić information content (AvgIpc) is 2.79. The van der Waals surface area contributed by atoms with Crippen LogP contribution in [0.15, 0.2) is 54.9 Å². The number of halogens is 1. The lowest BCUT2D eigenvalue weighted by Crippen LogP contribution is -2.34. The number of hydrogen-bond acceptors (Lipinski definition) is 4. The van der Waals surface area contributed by atoms with E-state index in [4.69, 9.17) is 4.74 Å². The summed E-state index contributed by atoms with van der Waals surface area (Å²) in [6.07, 6.45) is 7.00. The van der Waals surface area contributed by atoms with Crippen molar-refractivity contribution in [3.8, 4) is 5.75 Å². The summed E-state index contributed by atoms with van der Waals surface area (Å²) < 4.78 is 19.6. The monoisotopic (exact) mass is 421 g/mol. The molecule has 2 heterocycles. The second kappa shape index (κ2) is 9.39. The van der Waals surface area contributed by atoms with Gasteiger partial charge in [0.05, 0.1) is 0 Å². The van der Waals surface area contributed by atoms with E-state index in [1.54, 1.807) is 12.1 Å². The number of hydrogen-bond donors (Lipinski definition) is 0. The summed E-state index contributed by atoms with van der Waals surface area (Å²) in [5, 5.41) is 1.03. The van der Waals surface area contributed by atoms with E-state index in [-0.39, 0.29) is 5.82 Å². The molecule has 0 aliphatic carbocycles. The van der Waals surface area contributed by atoms with Gasteiger partial charge in [-0.2, -0.15) is 0 Å². The molecule has 4 nitrogen and oxygen atoms in total. The zero-order chi connectivity index (χ0) is 20.9. The van der Waals surface area contributed by atoms with Gasteiger partial charge in [0.15, 0.2) is 11.6 Å². The summed E-state index contributed by atoms with van der Waals surface area (Å²) in [4.78, 5) is 11.3. The predicted molar refractivity (Wildman–Crippen MR) is 122 cm³/mol. The van der Waals surface area contributed by atoms with Gasteiger partial charge in [-0.05, 0) is 54.0 Å². The van der Waals surface area contributed by atoms with E-state index < -0.39 is 0 Å². The standard InChI is InChI=1S/C24H28FN3OSi/c1-2-17-14-26-24(27-15-17)28-11-9-20(10-12-28)19-5-3-18(4-6-19)16-29-23-8-7-21(30)13-22(23)25/h3-8,13-15,20H,2,9-12,16H2,1,30H3. The normalized spacial score (nSPS) is 14.8. The zero-order valence-electron chi connectivity index (χ0n) is 17.6. The van der Waals surface area contributed by atoms with Crippen LogP contribution in [0.2, 0.25) is 0 Å². The molecule has 0 N–H and O–H groups in total. The molecule has 4 rings (SSSR count). The van der Waals surface area contributed by atoms with E-state index in [2.05, 4.69) is 46.1 Å². The molecule has 3 aromatic rings. The third-order valence-electron chi connectivity index (χ3n) is 5.81. The fraction of sp³-hybridized carbons (Fsp3) is 0.333. The van der Waals surface area contributed by atoms with Crippen molar-refractivity contribution in [2.75, 3.05) is 18.0 Å². The van der Waals surface area contributed by atoms with E-state index >= 15 is 0 Å². The fourth-order valence-electron chi connectivity index (χ4n) is 3.88. The van der Waals surface area contributed by atoms with E-state index in [1.807, 2.05) is 18.5 Å². The molecule has 0 saturated carbocycles. The van der Waals surface area contributed by atoms with Crippen LogP contribution >= 0.6 is 0 Å². The number of rotatable bonds is 6. The second-order valence-corrected chi connectivity index (χ2v) is 9.13. The maximum atomic E-state index is 13.9. The van der Waals surface area contributed by atoms with Crippen LogP contribution in [-0.4, -0.2) is 33.3 Å². The lowest BCUT2D eigenvalue weighted by molar-refractivity contribution is 0.290. The van der Waals surface area contributed by atoms with Crippen LogP contribution in [0.25, 0.3) is 0 Å². The van der Waals surface area contributed by atoms with Crippen molar-refractivity contribution in [1.29, 1.82) is 0 Å². The van der Waals surface area contributed by atoms with Crippen molar-refractivity contribution in [3.63, 3.8) is 0 Å². The maximum absolute atomic E-state index is 13.9. The minimum absolute atomic E-state index is 0.279. The van der Waals surface area contributed by atoms with Gasteiger partial charge in [-0.15, -0.1) is 0 Å². The van der Waals surface area contributed by atoms with Gasteiger partial charge in [-0.25, -0.2) is 14.4 Å². The number of piperidine rings is 1. The largest absolute Gasteiger partial charge is 0.486 e. The van der Waals surface area contributed by atoms with E-state index in [0.29, 0.717) is 18.3 Å². The van der Waals surface area contributed by atoms with Crippen molar-refractivity contribution in [3.05, 3.63) is 77.4 Å². The number of aromatic nitrogens is 2. The van der Waals surface area contributed by atoms with Crippen molar-refractivity contribution >= 4 is 21.4 Å². The highest BCUT2D eigenvalue weighted by Gasteiger charge is 2.22. The molecule has 1 aliphatic rings. The summed E-state index contributed by atoms with van der Waals surface area (Å²) in [6, 6.07) is 13.7. The summed E-state index contributed by atoms with van der Waals surface area (Å²) in [5.41, 5.74) is 3.58. The Hall–Kier alpha value is -2.73. The molecule has 0 bridgehead atoms. The Morgan fingerprint density at radius 2 is 1.73 bits per heavy atom. The molecule has 1 aliphatic heterocycles. The van der Waals surface area contributed by atoms with Crippen LogP contribution in [0.1, 0.15) is 42.4 Å². The molecule has 0 unspecified atom stereocenters. The first-order chi connectivity index (χ1) is 14.6. The Kier molecular flexibility index (Phi) is 6.43. The smallest absolute Gasteiger partial charge is 0.225 e. The third-order valence-corrected chi connectivity index (χ3v) is 6.43. The summed E-state index contributed by atoms with van der Waals surface area (Å²) in [6.45, 7) is 4.43. The van der Waals surface area contributed by atoms with E-state index in [1.165, 1.54) is 11.1 Å². The minimum atomic E-state index is -0.279. The minimum Gasteiger partial charge on any atom is -0.486 e. The highest BCUT2D eigenvalue weighted by atomic mass is 28.1. The molecule has 0 radical (unpaired) electrons. The van der Waals surface area contributed by atoms with Gasteiger partial charge in [-0.3, -0.25) is 0 Å². The second-order valence-electron chi connectivity index (χ2n) is 7.97. The molecule has 1 aromatic heterocycles. The van der Waals surface area contributed by atoms with Gasteiger partial charge in [0, 0.05) is 35.7 Å². The number of ether oxygens (including phenoxy) is 1. The van der Waals surface area contributed by atoms with E-state index in [0.717, 1.165) is 59.3 Å². The highest BCUT2D eigenvalue weighted by Crippen LogP contribution is 2.29. The number of benzene rings is 2. The van der Waals surface area contributed by atoms with Crippen LogP contribution in [0, 0.1) is 5.82 Å². The Morgan fingerprint density at radius 1 is 1.03 bits per heavy atom. The Bertz CT molecular complexity index is 971.